The predicted octanol–water partition coefficient (Wildman–Crippen LogP) is 22.7. The van der Waals surface area contributed by atoms with Gasteiger partial charge in [0, 0.05) is 12.8 Å². The zero-order valence-electron chi connectivity index (χ0n) is 52.7. The number of amides is 1. The van der Waals surface area contributed by atoms with Gasteiger partial charge >= 0.3 is 5.97 Å². The van der Waals surface area contributed by atoms with Crippen molar-refractivity contribution in [1.82, 2.24) is 5.32 Å². The minimum atomic E-state index is -0.842. The number of nitrogens with one attached hydrogen (secondary N) is 1. The second-order valence-electron chi connectivity index (χ2n) is 24.2. The fourth-order valence-corrected chi connectivity index (χ4v) is 11.0. The number of ether oxygens (including phenoxy) is 1. The fraction of sp³-hybridized carbons (Fsp3) is 0.889. The average molecular weight is 1100 g/mol. The highest BCUT2D eigenvalue weighted by Gasteiger charge is 2.18. The molecule has 460 valence electrons. The molecule has 0 heterocycles. The van der Waals surface area contributed by atoms with Gasteiger partial charge in [0.15, 0.2) is 0 Å². The van der Waals surface area contributed by atoms with Crippen LogP contribution in [0, 0.1) is 0 Å². The van der Waals surface area contributed by atoms with E-state index in [9.17, 15) is 19.8 Å². The first-order chi connectivity index (χ1) is 38.5. The summed E-state index contributed by atoms with van der Waals surface area (Å²) in [6, 6.07) is -0.626. The van der Waals surface area contributed by atoms with Crippen LogP contribution in [-0.2, 0) is 14.3 Å². The van der Waals surface area contributed by atoms with E-state index in [4.69, 9.17) is 4.74 Å². The first kappa shape index (κ1) is 76.1. The molecule has 6 heteroatoms. The molecule has 2 atom stereocenters. The average Bonchev–Trinajstić information content (AvgIpc) is 3.44. The van der Waals surface area contributed by atoms with E-state index >= 15 is 0 Å². The summed E-state index contributed by atoms with van der Waals surface area (Å²) in [6.07, 6.45) is 86.6. The van der Waals surface area contributed by atoms with Crippen LogP contribution in [0.1, 0.15) is 386 Å². The van der Waals surface area contributed by atoms with Crippen molar-refractivity contribution in [1.29, 1.82) is 0 Å². The molecule has 78 heavy (non-hydrogen) atoms. The molecule has 0 aromatic carbocycles. The number of carbonyl (C=O) groups is 2. The summed E-state index contributed by atoms with van der Waals surface area (Å²) in [5.74, 6) is -0.0537. The molecular weight excluding hydrogens is 959 g/mol. The van der Waals surface area contributed by atoms with E-state index < -0.39 is 12.1 Å². The van der Waals surface area contributed by atoms with Crippen LogP contribution in [0.5, 0.6) is 0 Å². The molecule has 0 aromatic rings. The lowest BCUT2D eigenvalue weighted by Crippen LogP contribution is -2.45. The maximum atomic E-state index is 12.5. The first-order valence-electron chi connectivity index (χ1n) is 35.3. The fourth-order valence-electron chi connectivity index (χ4n) is 11.0. The van der Waals surface area contributed by atoms with Crippen molar-refractivity contribution >= 4 is 11.9 Å². The number of hydrogen-bond acceptors (Lipinski definition) is 5. The summed E-state index contributed by atoms with van der Waals surface area (Å²) in [4.78, 5) is 24.5. The van der Waals surface area contributed by atoms with Gasteiger partial charge in [-0.2, -0.15) is 0 Å². The monoisotopic (exact) mass is 1100 g/mol. The maximum Gasteiger partial charge on any atom is 0.305 e. The van der Waals surface area contributed by atoms with Gasteiger partial charge in [-0.25, -0.2) is 0 Å². The highest BCUT2D eigenvalue weighted by molar-refractivity contribution is 5.76. The van der Waals surface area contributed by atoms with Crippen molar-refractivity contribution in [2.75, 3.05) is 13.2 Å². The molecule has 0 aromatic heterocycles. The number of aliphatic hydroxyl groups excluding tert-OH is 2. The number of hydrogen-bond donors (Lipinski definition) is 3. The predicted molar refractivity (Wildman–Crippen MR) is 343 cm³/mol. The van der Waals surface area contributed by atoms with Crippen LogP contribution in [0.25, 0.3) is 0 Å². The molecule has 6 nitrogen and oxygen atoms in total. The number of esters is 1. The third-order valence-corrected chi connectivity index (χ3v) is 16.4. The molecular formula is C72H137NO5. The Kier molecular flexibility index (Phi) is 65.9. The minimum absolute atomic E-state index is 0.00964. The summed E-state index contributed by atoms with van der Waals surface area (Å²) in [6.45, 7) is 4.92. The van der Waals surface area contributed by atoms with Crippen molar-refractivity contribution in [3.05, 3.63) is 36.5 Å². The van der Waals surface area contributed by atoms with E-state index in [1.807, 2.05) is 6.08 Å². The van der Waals surface area contributed by atoms with E-state index in [1.165, 1.54) is 315 Å². The smallest absolute Gasteiger partial charge is 0.305 e. The van der Waals surface area contributed by atoms with Gasteiger partial charge in [-0.3, -0.25) is 9.59 Å². The van der Waals surface area contributed by atoms with Crippen molar-refractivity contribution in [2.24, 2.45) is 0 Å². The van der Waals surface area contributed by atoms with Crippen LogP contribution in [0.3, 0.4) is 0 Å². The molecule has 0 saturated carbocycles. The molecule has 0 aliphatic heterocycles. The van der Waals surface area contributed by atoms with E-state index in [1.54, 1.807) is 6.08 Å². The van der Waals surface area contributed by atoms with Gasteiger partial charge in [-0.1, -0.05) is 326 Å². The van der Waals surface area contributed by atoms with Gasteiger partial charge in [0.1, 0.15) is 0 Å². The third kappa shape index (κ3) is 63.3. The second kappa shape index (κ2) is 67.6. The quantitative estimate of drug-likeness (QED) is 0.0320. The molecule has 0 spiro atoms. The summed E-state index contributed by atoms with van der Waals surface area (Å²) in [5.41, 5.74) is 0. The van der Waals surface area contributed by atoms with E-state index in [0.29, 0.717) is 19.4 Å². The van der Waals surface area contributed by atoms with Crippen LogP contribution in [-0.4, -0.2) is 47.4 Å². The van der Waals surface area contributed by atoms with Gasteiger partial charge < -0.3 is 20.3 Å². The van der Waals surface area contributed by atoms with Crippen molar-refractivity contribution in [3.63, 3.8) is 0 Å². The molecule has 0 rings (SSSR count). The highest BCUT2D eigenvalue weighted by Crippen LogP contribution is 2.18. The number of rotatable bonds is 66. The Hall–Kier alpha value is -1.92. The summed E-state index contributed by atoms with van der Waals surface area (Å²) in [5, 5.41) is 23.2. The number of aliphatic hydroxyl groups is 2. The Bertz CT molecular complexity index is 1260. The van der Waals surface area contributed by atoms with Gasteiger partial charge in [0.25, 0.3) is 0 Å². The van der Waals surface area contributed by atoms with Crippen molar-refractivity contribution in [3.8, 4) is 0 Å². The Labute approximate surface area is 487 Å². The Morgan fingerprint density at radius 2 is 0.603 bits per heavy atom. The van der Waals surface area contributed by atoms with Gasteiger partial charge in [-0.15, -0.1) is 0 Å². The highest BCUT2D eigenvalue weighted by atomic mass is 16.5. The Morgan fingerprint density at radius 1 is 0.346 bits per heavy atom. The van der Waals surface area contributed by atoms with Gasteiger partial charge in [0.05, 0.1) is 25.4 Å². The van der Waals surface area contributed by atoms with Crippen LogP contribution < -0.4 is 5.32 Å². The maximum absolute atomic E-state index is 12.5. The minimum Gasteiger partial charge on any atom is -0.466 e. The molecule has 2 unspecified atom stereocenters. The molecule has 0 aliphatic rings. The first-order valence-corrected chi connectivity index (χ1v) is 35.3. The van der Waals surface area contributed by atoms with E-state index in [0.717, 1.165) is 44.9 Å². The molecule has 1 amide bonds. The zero-order valence-corrected chi connectivity index (χ0v) is 52.7. The lowest BCUT2D eigenvalue weighted by Gasteiger charge is -2.20. The van der Waals surface area contributed by atoms with Crippen LogP contribution >= 0.6 is 0 Å². The summed E-state index contributed by atoms with van der Waals surface area (Å²) < 4.78 is 5.49. The zero-order chi connectivity index (χ0) is 56.4. The molecule has 0 fully saturated rings. The lowest BCUT2D eigenvalue weighted by molar-refractivity contribution is -0.143. The third-order valence-electron chi connectivity index (χ3n) is 16.4. The molecule has 0 radical (unpaired) electrons. The van der Waals surface area contributed by atoms with Gasteiger partial charge in [-0.05, 0) is 83.5 Å². The number of allylic oxidation sites excluding steroid dienone is 5. The van der Waals surface area contributed by atoms with Crippen molar-refractivity contribution in [2.45, 2.75) is 398 Å². The SMILES string of the molecule is CCCCCCC/C=C\CCCCCCCC(=O)OCCCCCCCCCCCCCC/C=C\CCCCCCCCCCCCCCCCCCC(=O)NC(CO)C(O)/C=C/CCCCCCCCCCCCCCC. The molecule has 0 aliphatic carbocycles. The van der Waals surface area contributed by atoms with E-state index in [-0.39, 0.29) is 18.5 Å². The largest absolute Gasteiger partial charge is 0.466 e. The van der Waals surface area contributed by atoms with Crippen LogP contribution in [0.15, 0.2) is 36.5 Å². The number of carbonyl (C=O) groups excluding carboxylic acids is 2. The Balaban J connectivity index is 3.37. The van der Waals surface area contributed by atoms with Crippen molar-refractivity contribution < 1.29 is 24.5 Å². The standard InChI is InChI=1S/C72H137NO5/c1-3-5-7-9-11-13-15-17-37-40-44-48-52-56-60-64-70(75)69(68-74)73-71(76)65-61-57-53-49-45-41-38-35-33-31-29-27-25-23-21-19-20-22-24-26-28-30-32-34-36-39-43-47-51-55-59-63-67-78-72(77)66-62-58-54-50-46-42-18-16-14-12-10-8-6-4-2/h16,18,22,24,60,64,69-70,74-75H,3-15,17,19-21,23,25-59,61-63,65-68H2,1-2H3,(H,73,76)/b18-16-,24-22-,64-60+. The van der Waals surface area contributed by atoms with Crippen LogP contribution in [0.4, 0.5) is 0 Å². The molecule has 0 saturated heterocycles. The number of unbranched alkanes of at least 4 members (excludes halogenated alkanes) is 51. The topological polar surface area (TPSA) is 95.9 Å². The summed E-state index contributed by atoms with van der Waals surface area (Å²) in [7, 11) is 0. The lowest BCUT2D eigenvalue weighted by atomic mass is 10.0. The van der Waals surface area contributed by atoms with Gasteiger partial charge in [0.2, 0.25) is 5.91 Å². The van der Waals surface area contributed by atoms with E-state index in [2.05, 4.69) is 43.5 Å². The van der Waals surface area contributed by atoms with Crippen LogP contribution in [0.2, 0.25) is 0 Å². The molecule has 0 bridgehead atoms. The normalized spacial score (nSPS) is 12.7. The second-order valence-corrected chi connectivity index (χ2v) is 24.2. The Morgan fingerprint density at radius 3 is 0.910 bits per heavy atom. The molecule has 3 N–H and O–H groups in total. The summed E-state index contributed by atoms with van der Waals surface area (Å²) >= 11 is 0.